The number of aliphatic hydroxyl groups excluding tert-OH is 1. The van der Waals surface area contributed by atoms with Gasteiger partial charge in [-0.1, -0.05) is 13.0 Å². The summed E-state index contributed by atoms with van der Waals surface area (Å²) in [5.41, 5.74) is 2.06. The van der Waals surface area contributed by atoms with E-state index in [9.17, 15) is 9.90 Å². The van der Waals surface area contributed by atoms with E-state index in [1.54, 1.807) is 12.1 Å². The van der Waals surface area contributed by atoms with E-state index in [1.807, 2.05) is 17.9 Å². The van der Waals surface area contributed by atoms with Crippen LogP contribution in [0.15, 0.2) is 18.2 Å². The number of hydrogen-bond acceptors (Lipinski definition) is 3. The monoisotopic (exact) mass is 341 g/mol. The number of carbonyl (C=O) groups excluding carboxylic acids is 1. The van der Waals surface area contributed by atoms with Gasteiger partial charge in [-0.15, -0.1) is 0 Å². The zero-order valence-electron chi connectivity index (χ0n) is 15.0. The summed E-state index contributed by atoms with van der Waals surface area (Å²) in [6, 6.07) is 7.51. The number of likely N-dealkylation sites (tertiary alicyclic amines) is 1. The molecule has 4 atom stereocenters. The third kappa shape index (κ3) is 3.64. The van der Waals surface area contributed by atoms with Gasteiger partial charge in [-0.3, -0.25) is 0 Å². The molecule has 0 radical (unpaired) electrons. The molecular formula is C20H27N3O2. The van der Waals surface area contributed by atoms with E-state index >= 15 is 0 Å². The molecule has 1 aliphatic carbocycles. The van der Waals surface area contributed by atoms with E-state index in [-0.39, 0.29) is 24.1 Å². The number of hydrogen-bond donors (Lipinski definition) is 2. The molecule has 1 aliphatic heterocycles. The third-order valence-corrected chi connectivity index (χ3v) is 5.87. The first-order valence-corrected chi connectivity index (χ1v) is 9.26. The van der Waals surface area contributed by atoms with Gasteiger partial charge >= 0.3 is 6.03 Å². The molecule has 5 heteroatoms. The standard InChI is InChI=1S/C20H27N3O2/c1-13-8-9-19(24)16(11-13)18-7-4-10-23(18)20(25)22-17-6-3-5-15(12-21)14(17)2/h3,5-6,13,16,18-19,24H,4,7-11H2,1-2H3,(H,22,25)/t13-,16+,18-,19+/m1/s1. The van der Waals surface area contributed by atoms with E-state index in [4.69, 9.17) is 5.26 Å². The van der Waals surface area contributed by atoms with Crippen molar-refractivity contribution in [2.75, 3.05) is 11.9 Å². The lowest BCUT2D eigenvalue weighted by Crippen LogP contribution is -2.47. The van der Waals surface area contributed by atoms with Gasteiger partial charge < -0.3 is 15.3 Å². The van der Waals surface area contributed by atoms with Crippen molar-refractivity contribution in [3.8, 4) is 6.07 Å². The number of nitrogens with one attached hydrogen (secondary N) is 1. The van der Waals surface area contributed by atoms with E-state index in [2.05, 4.69) is 18.3 Å². The number of urea groups is 1. The Balaban J connectivity index is 1.74. The Kier molecular flexibility index (Phi) is 5.29. The molecule has 25 heavy (non-hydrogen) atoms. The molecule has 1 saturated heterocycles. The summed E-state index contributed by atoms with van der Waals surface area (Å²) in [6.45, 7) is 4.81. The second-order valence-electron chi connectivity index (χ2n) is 7.57. The molecule has 2 fully saturated rings. The van der Waals surface area contributed by atoms with Crippen molar-refractivity contribution in [2.24, 2.45) is 11.8 Å². The van der Waals surface area contributed by atoms with Gasteiger partial charge in [0.05, 0.1) is 17.7 Å². The zero-order valence-corrected chi connectivity index (χ0v) is 15.0. The number of rotatable bonds is 2. The summed E-state index contributed by atoms with van der Waals surface area (Å²) in [7, 11) is 0. The maximum Gasteiger partial charge on any atom is 0.322 e. The molecule has 2 aliphatic rings. The Morgan fingerprint density at radius 2 is 2.16 bits per heavy atom. The SMILES string of the molecule is Cc1c(C#N)cccc1NC(=O)N1CCC[C@@H]1[C@@H]1C[C@H](C)CC[C@@H]1O. The minimum Gasteiger partial charge on any atom is -0.393 e. The molecule has 1 heterocycles. The maximum absolute atomic E-state index is 12.9. The predicted molar refractivity (Wildman–Crippen MR) is 97.2 cm³/mol. The lowest BCUT2D eigenvalue weighted by Gasteiger charge is -2.39. The van der Waals surface area contributed by atoms with Gasteiger partial charge in [0.2, 0.25) is 0 Å². The minimum atomic E-state index is -0.307. The second kappa shape index (κ2) is 7.45. The Morgan fingerprint density at radius 3 is 2.92 bits per heavy atom. The molecule has 0 aromatic heterocycles. The number of nitriles is 1. The van der Waals surface area contributed by atoms with Crippen LogP contribution in [0.1, 0.15) is 50.2 Å². The summed E-state index contributed by atoms with van der Waals surface area (Å²) in [4.78, 5) is 14.8. The highest BCUT2D eigenvalue weighted by Crippen LogP contribution is 2.37. The van der Waals surface area contributed by atoms with Crippen LogP contribution in [-0.4, -0.2) is 34.7 Å². The van der Waals surface area contributed by atoms with E-state index < -0.39 is 0 Å². The predicted octanol–water partition coefficient (Wildman–Crippen LogP) is 3.66. The molecule has 134 valence electrons. The normalized spacial score (nSPS) is 29.3. The van der Waals surface area contributed by atoms with Gasteiger partial charge in [0, 0.05) is 24.2 Å². The number of carbonyl (C=O) groups is 1. The molecule has 3 rings (SSSR count). The van der Waals surface area contributed by atoms with Crippen molar-refractivity contribution in [3.63, 3.8) is 0 Å². The molecule has 0 unspecified atom stereocenters. The molecule has 2 amide bonds. The molecule has 5 nitrogen and oxygen atoms in total. The highest BCUT2D eigenvalue weighted by atomic mass is 16.3. The topological polar surface area (TPSA) is 76.4 Å². The van der Waals surface area contributed by atoms with E-state index in [0.29, 0.717) is 17.2 Å². The Morgan fingerprint density at radius 1 is 1.36 bits per heavy atom. The van der Waals surface area contributed by atoms with Crippen molar-refractivity contribution in [1.82, 2.24) is 4.90 Å². The summed E-state index contributed by atoms with van der Waals surface area (Å²) in [5.74, 6) is 0.775. The third-order valence-electron chi connectivity index (χ3n) is 5.87. The van der Waals surface area contributed by atoms with Crippen LogP contribution in [0, 0.1) is 30.1 Å². The van der Waals surface area contributed by atoms with Crippen LogP contribution in [0.4, 0.5) is 10.5 Å². The Hall–Kier alpha value is -2.06. The van der Waals surface area contributed by atoms with Gasteiger partial charge in [-0.2, -0.15) is 5.26 Å². The van der Waals surface area contributed by atoms with Gasteiger partial charge in [-0.05, 0) is 62.6 Å². The van der Waals surface area contributed by atoms with Crippen molar-refractivity contribution >= 4 is 11.7 Å². The van der Waals surface area contributed by atoms with Crippen LogP contribution in [-0.2, 0) is 0 Å². The second-order valence-corrected chi connectivity index (χ2v) is 7.57. The van der Waals surface area contributed by atoms with Crippen LogP contribution in [0.25, 0.3) is 0 Å². The fourth-order valence-corrected chi connectivity index (χ4v) is 4.39. The average molecular weight is 341 g/mol. The molecule has 0 bridgehead atoms. The summed E-state index contributed by atoms with van der Waals surface area (Å²) in [5, 5.41) is 22.6. The van der Waals surface area contributed by atoms with Crippen LogP contribution in [0.5, 0.6) is 0 Å². The zero-order chi connectivity index (χ0) is 18.0. The van der Waals surface area contributed by atoms with Crippen molar-refractivity contribution in [1.29, 1.82) is 5.26 Å². The molecular weight excluding hydrogens is 314 g/mol. The van der Waals surface area contributed by atoms with Crippen molar-refractivity contribution in [3.05, 3.63) is 29.3 Å². The maximum atomic E-state index is 12.9. The first-order valence-electron chi connectivity index (χ1n) is 9.26. The lowest BCUT2D eigenvalue weighted by atomic mass is 9.76. The number of amides is 2. The summed E-state index contributed by atoms with van der Waals surface area (Å²) >= 11 is 0. The van der Waals surface area contributed by atoms with Crippen LogP contribution in [0.3, 0.4) is 0 Å². The van der Waals surface area contributed by atoms with Gasteiger partial charge in [0.1, 0.15) is 0 Å². The largest absolute Gasteiger partial charge is 0.393 e. The number of benzene rings is 1. The minimum absolute atomic E-state index is 0.109. The molecule has 0 spiro atoms. The van der Waals surface area contributed by atoms with Crippen LogP contribution >= 0.6 is 0 Å². The Labute approximate surface area is 149 Å². The first-order chi connectivity index (χ1) is 12.0. The fraction of sp³-hybridized carbons (Fsp3) is 0.600. The Bertz CT molecular complexity index is 682. The quantitative estimate of drug-likeness (QED) is 0.862. The molecule has 1 aromatic rings. The van der Waals surface area contributed by atoms with Gasteiger partial charge in [-0.25, -0.2) is 4.79 Å². The van der Waals surface area contributed by atoms with Gasteiger partial charge in [0.25, 0.3) is 0 Å². The molecule has 1 saturated carbocycles. The molecule has 2 N–H and O–H groups in total. The van der Waals surface area contributed by atoms with Crippen molar-refractivity contribution < 1.29 is 9.90 Å². The van der Waals surface area contributed by atoms with Gasteiger partial charge in [0.15, 0.2) is 0 Å². The lowest BCUT2D eigenvalue weighted by molar-refractivity contribution is 0.0165. The number of aliphatic hydroxyl groups is 1. The van der Waals surface area contributed by atoms with Crippen LogP contribution in [0.2, 0.25) is 0 Å². The number of anilines is 1. The summed E-state index contributed by atoms with van der Waals surface area (Å²) < 4.78 is 0. The fourth-order valence-electron chi connectivity index (χ4n) is 4.39. The van der Waals surface area contributed by atoms with E-state index in [0.717, 1.165) is 44.2 Å². The van der Waals surface area contributed by atoms with Crippen LogP contribution < -0.4 is 5.32 Å². The number of nitrogens with zero attached hydrogens (tertiary/aromatic N) is 2. The highest BCUT2D eigenvalue weighted by Gasteiger charge is 2.40. The highest BCUT2D eigenvalue weighted by molar-refractivity contribution is 5.91. The summed E-state index contributed by atoms with van der Waals surface area (Å²) in [6.07, 6.45) is 4.51. The molecule has 1 aromatic carbocycles. The average Bonchev–Trinajstić information content (AvgIpc) is 3.08. The van der Waals surface area contributed by atoms with Crippen molar-refractivity contribution in [2.45, 2.75) is 58.1 Å². The van der Waals surface area contributed by atoms with E-state index in [1.165, 1.54) is 0 Å². The smallest absolute Gasteiger partial charge is 0.322 e. The first kappa shape index (κ1) is 17.8.